The van der Waals surface area contributed by atoms with Crippen LogP contribution in [0.2, 0.25) is 0 Å². The Hall–Kier alpha value is -4.17. The highest BCUT2D eigenvalue weighted by atomic mass is 16.4. The molecule has 5 nitrogen and oxygen atoms in total. The largest absolute Gasteiger partial charge is 0.432 e. The van der Waals surface area contributed by atoms with E-state index in [2.05, 4.69) is 16.0 Å². The van der Waals surface area contributed by atoms with E-state index < -0.39 is 0 Å². The molecular formula is C23H11N3O2. The van der Waals surface area contributed by atoms with Crippen molar-refractivity contribution in [2.24, 2.45) is 0 Å². The van der Waals surface area contributed by atoms with Gasteiger partial charge in [-0.05, 0) is 11.5 Å². The van der Waals surface area contributed by atoms with Gasteiger partial charge >= 0.3 is 0 Å². The first-order valence-electron chi connectivity index (χ1n) is 8.83. The Kier molecular flexibility index (Phi) is 2.89. The van der Waals surface area contributed by atoms with Crippen LogP contribution >= 0.6 is 0 Å². The fraction of sp³-hybridized carbons (Fsp3) is 0. The summed E-state index contributed by atoms with van der Waals surface area (Å²) in [7, 11) is 0. The van der Waals surface area contributed by atoms with Crippen molar-refractivity contribution in [1.82, 2.24) is 9.97 Å². The van der Waals surface area contributed by atoms with Gasteiger partial charge in [0.1, 0.15) is 11.0 Å². The van der Waals surface area contributed by atoms with Crippen LogP contribution in [0.3, 0.4) is 0 Å². The molecule has 6 aromatic rings. The van der Waals surface area contributed by atoms with E-state index in [-0.39, 0.29) is 0 Å². The van der Waals surface area contributed by atoms with Crippen LogP contribution < -0.4 is 0 Å². The molecule has 0 radical (unpaired) electrons. The van der Waals surface area contributed by atoms with Gasteiger partial charge in [-0.15, -0.1) is 0 Å². The van der Waals surface area contributed by atoms with Crippen LogP contribution in [-0.4, -0.2) is 9.97 Å². The topological polar surface area (TPSA) is 75.8 Å². The van der Waals surface area contributed by atoms with E-state index in [1.807, 2.05) is 60.7 Å². The zero-order valence-electron chi connectivity index (χ0n) is 14.5. The molecule has 2 aromatic heterocycles. The molecule has 0 bridgehead atoms. The summed E-state index contributed by atoms with van der Waals surface area (Å²) in [5, 5.41) is 13.3. The van der Waals surface area contributed by atoms with Gasteiger partial charge in [0.2, 0.25) is 0 Å². The number of hydrogen-bond donors (Lipinski definition) is 0. The first kappa shape index (κ1) is 14.9. The average Bonchev–Trinajstić information content (AvgIpc) is 3.37. The number of fused-ring (bicyclic) bond motifs is 6. The smallest absolute Gasteiger partial charge is 0.284 e. The summed E-state index contributed by atoms with van der Waals surface area (Å²) in [6, 6.07) is 23.5. The normalized spacial score (nSPS) is 11.5. The van der Waals surface area contributed by atoms with E-state index in [1.165, 1.54) is 0 Å². The van der Waals surface area contributed by atoms with Gasteiger partial charge in [0.25, 0.3) is 11.8 Å². The molecule has 5 heteroatoms. The lowest BCUT2D eigenvalue weighted by atomic mass is 10.0. The maximum absolute atomic E-state index is 9.47. The molecule has 2 heterocycles. The van der Waals surface area contributed by atoms with Crippen molar-refractivity contribution < 1.29 is 8.83 Å². The second kappa shape index (κ2) is 5.41. The van der Waals surface area contributed by atoms with Crippen LogP contribution in [0.25, 0.3) is 55.5 Å². The molecule has 0 aliphatic heterocycles. The van der Waals surface area contributed by atoms with Gasteiger partial charge < -0.3 is 8.83 Å². The summed E-state index contributed by atoms with van der Waals surface area (Å²) in [6.45, 7) is 0. The maximum atomic E-state index is 9.47. The number of benzene rings is 4. The van der Waals surface area contributed by atoms with Gasteiger partial charge in [-0.25, -0.2) is 9.97 Å². The summed E-state index contributed by atoms with van der Waals surface area (Å²) in [6.07, 6.45) is 0. The molecule has 0 spiro atoms. The minimum atomic E-state index is 0.301. The lowest BCUT2D eigenvalue weighted by Crippen LogP contribution is -1.81. The van der Waals surface area contributed by atoms with E-state index in [4.69, 9.17) is 8.83 Å². The third kappa shape index (κ3) is 2.00. The molecule has 4 aromatic carbocycles. The highest BCUT2D eigenvalue weighted by Crippen LogP contribution is 2.34. The Morgan fingerprint density at radius 1 is 0.679 bits per heavy atom. The monoisotopic (exact) mass is 361 g/mol. The number of aromatic nitrogens is 2. The lowest BCUT2D eigenvalue weighted by molar-refractivity contribution is 0.550. The molecule has 0 atom stereocenters. The summed E-state index contributed by atoms with van der Waals surface area (Å²) < 4.78 is 11.9. The number of oxazole rings is 2. The van der Waals surface area contributed by atoms with Gasteiger partial charge in [0, 0.05) is 22.2 Å². The number of hydrogen-bond acceptors (Lipinski definition) is 5. The Morgan fingerprint density at radius 2 is 1.32 bits per heavy atom. The van der Waals surface area contributed by atoms with Gasteiger partial charge in [-0.1, -0.05) is 54.6 Å². The Labute approximate surface area is 158 Å². The third-order valence-electron chi connectivity index (χ3n) is 4.99. The second-order valence-electron chi connectivity index (χ2n) is 6.60. The van der Waals surface area contributed by atoms with E-state index >= 15 is 0 Å². The Balaban J connectivity index is 1.64. The zero-order valence-corrected chi connectivity index (χ0v) is 14.5. The number of nitriles is 1. The molecule has 0 unspecified atom stereocenters. The van der Waals surface area contributed by atoms with Gasteiger partial charge in [-0.2, -0.15) is 5.26 Å². The van der Waals surface area contributed by atoms with Crippen LogP contribution in [0, 0.1) is 11.3 Å². The van der Waals surface area contributed by atoms with Crippen molar-refractivity contribution in [1.29, 1.82) is 5.26 Å². The molecule has 6 rings (SSSR count). The molecular weight excluding hydrogens is 350 g/mol. The van der Waals surface area contributed by atoms with Gasteiger partial charge in [-0.3, -0.25) is 0 Å². The van der Waals surface area contributed by atoms with Crippen molar-refractivity contribution in [2.75, 3.05) is 0 Å². The van der Waals surface area contributed by atoms with E-state index in [0.29, 0.717) is 34.0 Å². The summed E-state index contributed by atoms with van der Waals surface area (Å²) in [5.41, 5.74) is 3.24. The zero-order chi connectivity index (χ0) is 18.7. The van der Waals surface area contributed by atoms with Gasteiger partial charge in [0.15, 0.2) is 11.2 Å². The van der Waals surface area contributed by atoms with E-state index in [0.717, 1.165) is 27.1 Å². The predicted molar refractivity (Wildman–Crippen MR) is 107 cm³/mol. The quantitative estimate of drug-likeness (QED) is 0.369. The molecule has 130 valence electrons. The lowest BCUT2D eigenvalue weighted by Gasteiger charge is -1.99. The highest BCUT2D eigenvalue weighted by Gasteiger charge is 2.19. The molecule has 0 aliphatic rings. The standard InChI is InChI=1S/C23H11N3O2/c24-12-14-11-19-21(17-8-4-3-6-15(14)17)26-23(28-19)22-25-20-16-7-2-1-5-13(16)9-10-18(20)27-22/h1-11H. The fourth-order valence-corrected chi connectivity index (χ4v) is 3.69. The molecule has 0 N–H and O–H groups in total. The number of rotatable bonds is 1. The van der Waals surface area contributed by atoms with Crippen molar-refractivity contribution in [2.45, 2.75) is 0 Å². The summed E-state index contributed by atoms with van der Waals surface area (Å²) in [5.74, 6) is 0.626. The van der Waals surface area contributed by atoms with Crippen LogP contribution in [-0.2, 0) is 0 Å². The van der Waals surface area contributed by atoms with Crippen LogP contribution in [0.1, 0.15) is 5.56 Å². The SMILES string of the molecule is N#Cc1cc2oc(-c3nc4c(ccc5ccccc54)o3)nc2c2ccccc12. The van der Waals surface area contributed by atoms with Crippen LogP contribution in [0.5, 0.6) is 0 Å². The van der Waals surface area contributed by atoms with Crippen molar-refractivity contribution in [3.05, 3.63) is 72.3 Å². The Bertz CT molecular complexity index is 1580. The molecule has 0 saturated heterocycles. The molecule has 28 heavy (non-hydrogen) atoms. The van der Waals surface area contributed by atoms with E-state index in [9.17, 15) is 5.26 Å². The van der Waals surface area contributed by atoms with Crippen molar-refractivity contribution >= 4 is 43.7 Å². The Morgan fingerprint density at radius 3 is 2.11 bits per heavy atom. The molecule has 0 amide bonds. The highest BCUT2D eigenvalue weighted by molar-refractivity contribution is 6.07. The molecule has 0 fully saturated rings. The second-order valence-corrected chi connectivity index (χ2v) is 6.60. The minimum absolute atomic E-state index is 0.301. The maximum Gasteiger partial charge on any atom is 0.284 e. The van der Waals surface area contributed by atoms with Crippen LogP contribution in [0.4, 0.5) is 0 Å². The van der Waals surface area contributed by atoms with Crippen molar-refractivity contribution in [3.63, 3.8) is 0 Å². The molecule has 0 aliphatic carbocycles. The van der Waals surface area contributed by atoms with E-state index in [1.54, 1.807) is 6.07 Å². The van der Waals surface area contributed by atoms with Crippen molar-refractivity contribution in [3.8, 4) is 17.9 Å². The first-order valence-corrected chi connectivity index (χ1v) is 8.83. The third-order valence-corrected chi connectivity index (χ3v) is 4.99. The minimum Gasteiger partial charge on any atom is -0.432 e. The van der Waals surface area contributed by atoms with Crippen LogP contribution in [0.15, 0.2) is 75.6 Å². The summed E-state index contributed by atoms with van der Waals surface area (Å²) in [4.78, 5) is 9.27. The average molecular weight is 361 g/mol. The molecule has 0 saturated carbocycles. The summed E-state index contributed by atoms with van der Waals surface area (Å²) >= 11 is 0. The fourth-order valence-electron chi connectivity index (χ4n) is 3.69. The van der Waals surface area contributed by atoms with Gasteiger partial charge in [0.05, 0.1) is 11.6 Å². The number of nitrogens with zero attached hydrogens (tertiary/aromatic N) is 3. The first-order chi connectivity index (χ1) is 13.8. The predicted octanol–water partition coefficient (Wildman–Crippen LogP) is 5.81.